The fourth-order valence-corrected chi connectivity index (χ4v) is 5.87. The number of esters is 1. The Morgan fingerprint density at radius 1 is 1.32 bits per heavy atom. The summed E-state index contributed by atoms with van der Waals surface area (Å²) in [6, 6.07) is 6.96. The minimum Gasteiger partial charge on any atom is -0.493 e. The molecule has 2 aromatic rings. The quantitative estimate of drug-likeness (QED) is 0.169. The molecule has 0 fully saturated rings. The smallest absolute Gasteiger partial charge is 0.354 e. The van der Waals surface area contributed by atoms with Gasteiger partial charge in [-0.3, -0.25) is 4.79 Å². The maximum Gasteiger partial charge on any atom is 0.354 e. The van der Waals surface area contributed by atoms with E-state index in [2.05, 4.69) is 10.0 Å². The number of carbonyl (C=O) groups excluding carboxylic acids is 2. The standard InChI is InChI=1S/C26H31N5O5S/c1-25(2,3)36-23(32)18-15-26(24(27)33,21-7-5-12-37-21)22-17-14-20(35-11-6-9-29-30-28)19(34-4)13-16(17)8-10-31(18)22/h5,7,12-15,22H,6,8-11H2,1-4H3,(H2,27,33). The fraction of sp³-hybridized carbons (Fsp3) is 0.462. The van der Waals surface area contributed by atoms with Crippen molar-refractivity contribution in [2.24, 2.45) is 10.8 Å². The highest BCUT2D eigenvalue weighted by Crippen LogP contribution is 2.54. The highest BCUT2D eigenvalue weighted by molar-refractivity contribution is 7.10. The molecule has 2 N–H and O–H groups in total. The van der Waals surface area contributed by atoms with Crippen molar-refractivity contribution in [2.45, 2.75) is 50.7 Å². The van der Waals surface area contributed by atoms with Crippen LogP contribution >= 0.6 is 11.3 Å². The number of hydrogen-bond acceptors (Lipinski definition) is 8. The molecule has 4 rings (SSSR count). The topological polar surface area (TPSA) is 140 Å². The van der Waals surface area contributed by atoms with Crippen LogP contribution in [0.5, 0.6) is 11.5 Å². The molecule has 0 bridgehead atoms. The summed E-state index contributed by atoms with van der Waals surface area (Å²) in [5, 5.41) is 5.43. The zero-order valence-electron chi connectivity index (χ0n) is 21.4. The first-order valence-electron chi connectivity index (χ1n) is 12.0. The first-order valence-corrected chi connectivity index (χ1v) is 12.9. The van der Waals surface area contributed by atoms with Gasteiger partial charge >= 0.3 is 5.97 Å². The molecule has 0 spiro atoms. The van der Waals surface area contributed by atoms with E-state index in [9.17, 15) is 9.59 Å². The molecule has 2 atom stereocenters. The lowest BCUT2D eigenvalue weighted by molar-refractivity contribution is -0.152. The van der Waals surface area contributed by atoms with Crippen molar-refractivity contribution in [3.05, 3.63) is 67.9 Å². The molecule has 1 aromatic heterocycles. The summed E-state index contributed by atoms with van der Waals surface area (Å²) in [5.74, 6) is 0.0158. The zero-order valence-corrected chi connectivity index (χ0v) is 22.2. The molecule has 37 heavy (non-hydrogen) atoms. The number of amides is 1. The van der Waals surface area contributed by atoms with E-state index in [1.165, 1.54) is 11.3 Å². The molecule has 3 heterocycles. The number of carbonyl (C=O) groups is 2. The van der Waals surface area contributed by atoms with E-state index in [0.717, 1.165) is 16.0 Å². The zero-order chi connectivity index (χ0) is 26.8. The Morgan fingerprint density at radius 2 is 2.11 bits per heavy atom. The highest BCUT2D eigenvalue weighted by atomic mass is 32.1. The lowest BCUT2D eigenvalue weighted by Crippen LogP contribution is -2.48. The van der Waals surface area contributed by atoms with Gasteiger partial charge in [0.2, 0.25) is 5.91 Å². The number of methoxy groups -OCH3 is 1. The van der Waals surface area contributed by atoms with Gasteiger partial charge in [-0.2, -0.15) is 0 Å². The van der Waals surface area contributed by atoms with Crippen molar-refractivity contribution in [1.29, 1.82) is 0 Å². The minimum atomic E-state index is -1.27. The summed E-state index contributed by atoms with van der Waals surface area (Å²) >= 11 is 1.42. The van der Waals surface area contributed by atoms with E-state index in [1.807, 2.05) is 55.3 Å². The monoisotopic (exact) mass is 525 g/mol. The molecule has 0 saturated carbocycles. The average molecular weight is 526 g/mol. The van der Waals surface area contributed by atoms with E-state index < -0.39 is 28.9 Å². The Morgan fingerprint density at radius 3 is 2.73 bits per heavy atom. The van der Waals surface area contributed by atoms with Gasteiger partial charge in [-0.1, -0.05) is 11.2 Å². The fourth-order valence-electron chi connectivity index (χ4n) is 4.94. The lowest BCUT2D eigenvalue weighted by atomic mass is 9.73. The van der Waals surface area contributed by atoms with Crippen LogP contribution in [0, 0.1) is 0 Å². The van der Waals surface area contributed by atoms with Gasteiger partial charge in [-0.15, -0.1) is 11.3 Å². The normalized spacial score (nSPS) is 20.3. The van der Waals surface area contributed by atoms with Crippen LogP contribution in [0.25, 0.3) is 10.4 Å². The Bertz CT molecular complexity index is 1260. The van der Waals surface area contributed by atoms with Crippen molar-refractivity contribution in [3.63, 3.8) is 0 Å². The summed E-state index contributed by atoms with van der Waals surface area (Å²) in [5.41, 5.74) is 14.8. The second-order valence-corrected chi connectivity index (χ2v) is 10.9. The highest BCUT2D eigenvalue weighted by Gasteiger charge is 2.57. The number of primary amides is 1. The Kier molecular flexibility index (Phi) is 7.38. The van der Waals surface area contributed by atoms with Gasteiger partial charge < -0.3 is 24.8 Å². The van der Waals surface area contributed by atoms with Gasteiger partial charge in [-0.25, -0.2) is 4.79 Å². The molecule has 2 aliphatic rings. The second kappa shape index (κ2) is 10.4. The largest absolute Gasteiger partial charge is 0.493 e. The van der Waals surface area contributed by atoms with Crippen LogP contribution in [0.2, 0.25) is 0 Å². The molecule has 10 nitrogen and oxygen atoms in total. The van der Waals surface area contributed by atoms with Gasteiger partial charge in [0, 0.05) is 22.9 Å². The SMILES string of the molecule is COc1cc2c(cc1OCCCN=[N+]=[N-])C1N(CC2)C(C(=O)OC(C)(C)C)=CC1(C(N)=O)c1cccs1. The summed E-state index contributed by atoms with van der Waals surface area (Å²) in [6.07, 6.45) is 2.84. The van der Waals surface area contributed by atoms with Crippen molar-refractivity contribution in [3.8, 4) is 11.5 Å². The minimum absolute atomic E-state index is 0.312. The number of fused-ring (bicyclic) bond motifs is 3. The third-order valence-corrected chi connectivity index (χ3v) is 7.45. The molecule has 11 heteroatoms. The molecule has 2 unspecified atom stereocenters. The maximum absolute atomic E-state index is 13.3. The Hall–Kier alpha value is -3.69. The van der Waals surface area contributed by atoms with Crippen LogP contribution in [0.3, 0.4) is 0 Å². The van der Waals surface area contributed by atoms with Gasteiger partial charge in [0.15, 0.2) is 11.5 Å². The predicted octanol–water partition coefficient (Wildman–Crippen LogP) is 4.40. The van der Waals surface area contributed by atoms with E-state index in [-0.39, 0.29) is 0 Å². The van der Waals surface area contributed by atoms with Crippen LogP contribution in [0.4, 0.5) is 0 Å². The van der Waals surface area contributed by atoms with Crippen molar-refractivity contribution < 1.29 is 23.8 Å². The van der Waals surface area contributed by atoms with Crippen LogP contribution < -0.4 is 15.2 Å². The van der Waals surface area contributed by atoms with E-state index in [4.69, 9.17) is 25.5 Å². The van der Waals surface area contributed by atoms with Crippen molar-refractivity contribution in [2.75, 3.05) is 26.8 Å². The summed E-state index contributed by atoms with van der Waals surface area (Å²) < 4.78 is 17.3. The lowest BCUT2D eigenvalue weighted by Gasteiger charge is -2.42. The number of benzene rings is 1. The van der Waals surface area contributed by atoms with Gasteiger partial charge in [0.25, 0.3) is 0 Å². The van der Waals surface area contributed by atoms with E-state index in [0.29, 0.717) is 49.7 Å². The second-order valence-electron chi connectivity index (χ2n) is 9.95. The van der Waals surface area contributed by atoms with Gasteiger partial charge in [0.1, 0.15) is 16.7 Å². The number of azide groups is 1. The predicted molar refractivity (Wildman–Crippen MR) is 139 cm³/mol. The molecule has 1 amide bonds. The van der Waals surface area contributed by atoms with Gasteiger partial charge in [-0.05, 0) is 79.9 Å². The van der Waals surface area contributed by atoms with Crippen molar-refractivity contribution in [1.82, 2.24) is 4.90 Å². The van der Waals surface area contributed by atoms with E-state index in [1.54, 1.807) is 13.2 Å². The maximum atomic E-state index is 13.3. The Balaban J connectivity index is 1.83. The first kappa shape index (κ1) is 26.4. The number of ether oxygens (including phenoxy) is 3. The van der Waals surface area contributed by atoms with Crippen LogP contribution in [-0.2, 0) is 26.2 Å². The molecule has 196 valence electrons. The number of rotatable bonds is 9. The summed E-state index contributed by atoms with van der Waals surface area (Å²) in [4.78, 5) is 32.1. The summed E-state index contributed by atoms with van der Waals surface area (Å²) in [6.45, 7) is 6.55. The summed E-state index contributed by atoms with van der Waals surface area (Å²) in [7, 11) is 1.57. The Labute approximate surface area is 219 Å². The molecule has 0 aliphatic carbocycles. The first-order chi connectivity index (χ1) is 17.6. The molecule has 1 aromatic carbocycles. The molecular weight excluding hydrogens is 494 g/mol. The molecule has 0 radical (unpaired) electrons. The van der Waals surface area contributed by atoms with Crippen molar-refractivity contribution >= 4 is 23.2 Å². The molecular formula is C26H31N5O5S. The van der Waals surface area contributed by atoms with E-state index >= 15 is 0 Å². The third-order valence-electron chi connectivity index (χ3n) is 6.43. The van der Waals surface area contributed by atoms with Gasteiger partial charge in [0.05, 0.1) is 19.8 Å². The molecule has 2 aliphatic heterocycles. The van der Waals surface area contributed by atoms with Crippen LogP contribution in [-0.4, -0.2) is 49.2 Å². The van der Waals surface area contributed by atoms with Crippen LogP contribution in [0.15, 0.2) is 46.5 Å². The number of nitrogens with zero attached hydrogens (tertiary/aromatic N) is 4. The number of nitrogens with two attached hydrogens (primary N) is 1. The molecule has 0 saturated heterocycles. The number of thiophene rings is 1. The number of hydrogen-bond donors (Lipinski definition) is 1. The third kappa shape index (κ3) is 4.97. The van der Waals surface area contributed by atoms with Crippen LogP contribution in [0.1, 0.15) is 49.2 Å². The average Bonchev–Trinajstić information content (AvgIpc) is 3.49.